The molecule has 2 aromatic rings. The van der Waals surface area contributed by atoms with Crippen molar-refractivity contribution in [3.8, 4) is 5.75 Å². The summed E-state index contributed by atoms with van der Waals surface area (Å²) in [7, 11) is 1.76. The number of aromatic nitrogens is 1. The van der Waals surface area contributed by atoms with E-state index in [1.807, 2.05) is 0 Å². The minimum Gasteiger partial charge on any atom is -0.496 e. The van der Waals surface area contributed by atoms with Crippen LogP contribution >= 0.6 is 0 Å². The molecule has 1 aromatic carbocycles. The summed E-state index contributed by atoms with van der Waals surface area (Å²) < 4.78 is 5.58. The Labute approximate surface area is 168 Å². The standard InChI is InChI=1S/C23H32N4O/c1-17-4-5-20(23(12-17)28-3)16-26-8-10-27(11-9-26)21-13-18(2)25-22(14-21)19-6-7-24-15-19/h4-5,12-14,19,24H,6-11,15-16H2,1-3H3/t19-/m0/s1. The number of hydrogen-bond donors (Lipinski definition) is 1. The van der Waals surface area contributed by atoms with Crippen molar-refractivity contribution >= 4 is 5.69 Å². The topological polar surface area (TPSA) is 40.6 Å². The van der Waals surface area contributed by atoms with Crippen molar-refractivity contribution in [1.29, 1.82) is 0 Å². The summed E-state index contributed by atoms with van der Waals surface area (Å²) in [5.41, 5.74) is 6.24. The average molecular weight is 381 g/mol. The number of hydrogen-bond acceptors (Lipinski definition) is 5. The van der Waals surface area contributed by atoms with Crippen LogP contribution in [0.3, 0.4) is 0 Å². The van der Waals surface area contributed by atoms with E-state index in [1.54, 1.807) is 7.11 Å². The lowest BCUT2D eigenvalue weighted by Crippen LogP contribution is -2.46. The van der Waals surface area contributed by atoms with Crippen LogP contribution in [0.25, 0.3) is 0 Å². The van der Waals surface area contributed by atoms with Crippen molar-refractivity contribution < 1.29 is 4.74 Å². The predicted octanol–water partition coefficient (Wildman–Crippen LogP) is 3.11. The normalized spacial score (nSPS) is 20.5. The van der Waals surface area contributed by atoms with Crippen LogP contribution in [0.1, 0.15) is 34.9 Å². The first-order valence-electron chi connectivity index (χ1n) is 10.4. The Bertz CT molecular complexity index is 808. The maximum Gasteiger partial charge on any atom is 0.123 e. The molecule has 0 unspecified atom stereocenters. The summed E-state index contributed by atoms with van der Waals surface area (Å²) in [4.78, 5) is 9.86. The second kappa shape index (κ2) is 8.50. The van der Waals surface area contributed by atoms with Crippen LogP contribution in [0, 0.1) is 13.8 Å². The second-order valence-corrected chi connectivity index (χ2v) is 8.16. The highest BCUT2D eigenvalue weighted by atomic mass is 16.5. The molecule has 150 valence electrons. The molecule has 4 rings (SSSR count). The number of rotatable bonds is 5. The first-order chi connectivity index (χ1) is 13.6. The molecule has 5 nitrogen and oxygen atoms in total. The van der Waals surface area contributed by atoms with E-state index in [-0.39, 0.29) is 0 Å². The molecule has 0 amide bonds. The van der Waals surface area contributed by atoms with Gasteiger partial charge in [0, 0.05) is 67.8 Å². The Morgan fingerprint density at radius 1 is 1.11 bits per heavy atom. The molecule has 28 heavy (non-hydrogen) atoms. The first kappa shape index (κ1) is 19.2. The summed E-state index contributed by atoms with van der Waals surface area (Å²) in [5.74, 6) is 1.57. The molecule has 5 heteroatoms. The molecule has 0 bridgehead atoms. The SMILES string of the molecule is COc1cc(C)ccc1CN1CCN(c2cc(C)nc([C@H]3CCNC3)c2)CC1. The van der Waals surface area contributed by atoms with Gasteiger partial charge in [-0.25, -0.2) is 0 Å². The van der Waals surface area contributed by atoms with Crippen LogP contribution in [-0.2, 0) is 6.54 Å². The zero-order valence-corrected chi connectivity index (χ0v) is 17.4. The molecule has 0 radical (unpaired) electrons. The molecular formula is C23H32N4O. The Kier molecular flexibility index (Phi) is 5.83. The van der Waals surface area contributed by atoms with E-state index in [9.17, 15) is 0 Å². The van der Waals surface area contributed by atoms with Crippen LogP contribution in [0.5, 0.6) is 5.75 Å². The Morgan fingerprint density at radius 3 is 2.64 bits per heavy atom. The predicted molar refractivity (Wildman–Crippen MR) is 114 cm³/mol. The van der Waals surface area contributed by atoms with E-state index in [2.05, 4.69) is 59.3 Å². The third-order valence-corrected chi connectivity index (χ3v) is 6.01. The van der Waals surface area contributed by atoms with Gasteiger partial charge in [0.25, 0.3) is 0 Å². The Morgan fingerprint density at radius 2 is 1.93 bits per heavy atom. The van der Waals surface area contributed by atoms with Gasteiger partial charge in [-0.15, -0.1) is 0 Å². The van der Waals surface area contributed by atoms with Gasteiger partial charge in [0.2, 0.25) is 0 Å². The quantitative estimate of drug-likeness (QED) is 0.863. The van der Waals surface area contributed by atoms with Crippen LogP contribution in [0.15, 0.2) is 30.3 Å². The van der Waals surface area contributed by atoms with Crippen molar-refractivity contribution in [2.75, 3.05) is 51.3 Å². The highest BCUT2D eigenvalue weighted by molar-refractivity contribution is 5.49. The Balaban J connectivity index is 1.40. The third kappa shape index (κ3) is 4.31. The van der Waals surface area contributed by atoms with E-state index < -0.39 is 0 Å². The zero-order valence-electron chi connectivity index (χ0n) is 17.4. The number of methoxy groups -OCH3 is 1. The minimum absolute atomic E-state index is 0.564. The van der Waals surface area contributed by atoms with Gasteiger partial charge in [-0.05, 0) is 50.6 Å². The fraction of sp³-hybridized carbons (Fsp3) is 0.522. The molecule has 2 saturated heterocycles. The van der Waals surface area contributed by atoms with Crippen LogP contribution in [0.4, 0.5) is 5.69 Å². The van der Waals surface area contributed by atoms with Crippen molar-refractivity contribution in [2.24, 2.45) is 0 Å². The number of anilines is 1. The van der Waals surface area contributed by atoms with E-state index >= 15 is 0 Å². The number of piperazine rings is 1. The van der Waals surface area contributed by atoms with Crippen LogP contribution in [-0.4, -0.2) is 56.3 Å². The van der Waals surface area contributed by atoms with E-state index in [0.717, 1.165) is 57.3 Å². The second-order valence-electron chi connectivity index (χ2n) is 8.16. The zero-order chi connectivity index (χ0) is 19.5. The molecule has 2 fully saturated rings. The summed E-state index contributed by atoms with van der Waals surface area (Å²) in [6, 6.07) is 11.1. The molecule has 2 aliphatic rings. The first-order valence-corrected chi connectivity index (χ1v) is 10.4. The Hall–Kier alpha value is -2.11. The van der Waals surface area contributed by atoms with Gasteiger partial charge >= 0.3 is 0 Å². The molecule has 0 aliphatic carbocycles. The molecule has 1 aromatic heterocycles. The fourth-order valence-electron chi connectivity index (χ4n) is 4.36. The number of aryl methyl sites for hydroxylation is 2. The van der Waals surface area contributed by atoms with Crippen LogP contribution < -0.4 is 15.0 Å². The van der Waals surface area contributed by atoms with Gasteiger partial charge < -0.3 is 15.0 Å². The summed E-state index contributed by atoms with van der Waals surface area (Å²) in [6.07, 6.45) is 1.20. The minimum atomic E-state index is 0.564. The largest absolute Gasteiger partial charge is 0.496 e. The van der Waals surface area contributed by atoms with Gasteiger partial charge in [0.1, 0.15) is 5.75 Å². The maximum absolute atomic E-state index is 5.58. The van der Waals surface area contributed by atoms with Crippen molar-refractivity contribution in [1.82, 2.24) is 15.2 Å². The smallest absolute Gasteiger partial charge is 0.123 e. The van der Waals surface area contributed by atoms with E-state index in [0.29, 0.717) is 5.92 Å². The third-order valence-electron chi connectivity index (χ3n) is 6.01. The number of ether oxygens (including phenoxy) is 1. The lowest BCUT2D eigenvalue weighted by Gasteiger charge is -2.36. The van der Waals surface area contributed by atoms with E-state index in [1.165, 1.54) is 28.9 Å². The number of nitrogens with zero attached hydrogens (tertiary/aromatic N) is 3. The molecule has 1 atom stereocenters. The van der Waals surface area contributed by atoms with Crippen molar-refractivity contribution in [3.05, 3.63) is 52.8 Å². The summed E-state index contributed by atoms with van der Waals surface area (Å²) in [5, 5.41) is 3.46. The highest BCUT2D eigenvalue weighted by Crippen LogP contribution is 2.27. The van der Waals surface area contributed by atoms with E-state index in [4.69, 9.17) is 9.72 Å². The summed E-state index contributed by atoms with van der Waals surface area (Å²) in [6.45, 7) is 11.6. The molecule has 0 saturated carbocycles. The summed E-state index contributed by atoms with van der Waals surface area (Å²) >= 11 is 0. The van der Waals surface area contributed by atoms with Gasteiger partial charge in [-0.2, -0.15) is 0 Å². The molecule has 1 N–H and O–H groups in total. The number of pyridine rings is 1. The molecule has 3 heterocycles. The number of nitrogens with one attached hydrogen (secondary N) is 1. The number of benzene rings is 1. The molecular weight excluding hydrogens is 348 g/mol. The van der Waals surface area contributed by atoms with Gasteiger partial charge in [-0.3, -0.25) is 9.88 Å². The maximum atomic E-state index is 5.58. The van der Waals surface area contributed by atoms with Gasteiger partial charge in [-0.1, -0.05) is 12.1 Å². The molecule has 2 aliphatic heterocycles. The van der Waals surface area contributed by atoms with Gasteiger partial charge in [0.05, 0.1) is 7.11 Å². The molecule has 0 spiro atoms. The van der Waals surface area contributed by atoms with Crippen molar-refractivity contribution in [2.45, 2.75) is 32.7 Å². The lowest BCUT2D eigenvalue weighted by atomic mass is 10.0. The van der Waals surface area contributed by atoms with Crippen molar-refractivity contribution in [3.63, 3.8) is 0 Å². The average Bonchev–Trinajstić information content (AvgIpc) is 3.24. The lowest BCUT2D eigenvalue weighted by molar-refractivity contribution is 0.246. The van der Waals surface area contributed by atoms with Gasteiger partial charge in [0.15, 0.2) is 0 Å². The highest BCUT2D eigenvalue weighted by Gasteiger charge is 2.22. The fourth-order valence-corrected chi connectivity index (χ4v) is 4.36. The monoisotopic (exact) mass is 380 g/mol. The van der Waals surface area contributed by atoms with Crippen LogP contribution in [0.2, 0.25) is 0 Å².